The van der Waals surface area contributed by atoms with Crippen LogP contribution < -0.4 is 9.64 Å². The van der Waals surface area contributed by atoms with Crippen LogP contribution in [0.3, 0.4) is 0 Å². The van der Waals surface area contributed by atoms with Crippen molar-refractivity contribution in [3.05, 3.63) is 29.2 Å². The lowest BCUT2D eigenvalue weighted by atomic mass is 10.2. The highest BCUT2D eigenvalue weighted by atomic mass is 35.5. The summed E-state index contributed by atoms with van der Waals surface area (Å²) in [6.45, 7) is 4.08. The normalized spacial score (nSPS) is 12.4. The maximum absolute atomic E-state index is 12.9. The first kappa shape index (κ1) is 17.4. The third-order valence-corrected chi connectivity index (χ3v) is 3.38. The van der Waals surface area contributed by atoms with Crippen LogP contribution in [0.15, 0.2) is 18.5 Å². The van der Waals surface area contributed by atoms with E-state index < -0.39 is 12.3 Å². The summed E-state index contributed by atoms with van der Waals surface area (Å²) in [6.07, 6.45) is 0.568. The molecule has 1 atom stereocenters. The number of nitrogens with zero attached hydrogens (tertiary/aromatic N) is 4. The molecule has 2 aromatic rings. The molecule has 0 radical (unpaired) electrons. The molecule has 126 valence electrons. The number of hydrogen-bond acceptors (Lipinski definition) is 5. The van der Waals surface area contributed by atoms with Crippen molar-refractivity contribution in [2.45, 2.75) is 26.8 Å². The van der Waals surface area contributed by atoms with Gasteiger partial charge in [-0.2, -0.15) is 10.1 Å². The fourth-order valence-electron chi connectivity index (χ4n) is 1.96. The molecular formula is C14H18ClF2N5O. The van der Waals surface area contributed by atoms with Crippen LogP contribution in [0.4, 0.5) is 14.7 Å². The molecule has 23 heavy (non-hydrogen) atoms. The van der Waals surface area contributed by atoms with Crippen molar-refractivity contribution in [2.24, 2.45) is 5.92 Å². The van der Waals surface area contributed by atoms with E-state index in [2.05, 4.69) is 20.2 Å². The summed E-state index contributed by atoms with van der Waals surface area (Å²) in [5.41, 5.74) is 0.767. The van der Waals surface area contributed by atoms with Crippen LogP contribution in [0.2, 0.25) is 5.02 Å². The minimum atomic E-state index is -2.43. The van der Waals surface area contributed by atoms with E-state index in [1.807, 2.05) is 0 Å². The Bertz CT molecular complexity index is 611. The summed E-state index contributed by atoms with van der Waals surface area (Å²) in [5, 5.41) is 6.93. The van der Waals surface area contributed by atoms with E-state index in [-0.39, 0.29) is 23.4 Å². The molecule has 2 heterocycles. The standard InChI is InChI=1S/C14H18ClF2N5O/c1-3-23-13-11(15)6-18-14(20-13)22(7-9(2)12(16)17)8-10-4-5-19-21-10/h4-6,9,12H,3,7-8H2,1-2H3,(H,19,21). The van der Waals surface area contributed by atoms with E-state index in [4.69, 9.17) is 16.3 Å². The van der Waals surface area contributed by atoms with Crippen LogP contribution in [0.5, 0.6) is 5.88 Å². The SMILES string of the molecule is CCOc1nc(N(Cc2ccn[nH]2)CC(C)C(F)F)ncc1Cl. The van der Waals surface area contributed by atoms with Gasteiger partial charge < -0.3 is 9.64 Å². The van der Waals surface area contributed by atoms with Crippen LogP contribution in [-0.4, -0.2) is 39.7 Å². The highest BCUT2D eigenvalue weighted by Gasteiger charge is 2.22. The molecule has 9 heteroatoms. The van der Waals surface area contributed by atoms with Gasteiger partial charge >= 0.3 is 0 Å². The molecule has 0 saturated carbocycles. The second-order valence-electron chi connectivity index (χ2n) is 5.03. The van der Waals surface area contributed by atoms with Gasteiger partial charge in [-0.25, -0.2) is 13.8 Å². The van der Waals surface area contributed by atoms with Crippen LogP contribution in [0, 0.1) is 5.92 Å². The predicted octanol–water partition coefficient (Wildman–Crippen LogP) is 3.16. The average molecular weight is 346 g/mol. The molecule has 0 aliphatic heterocycles. The number of H-pyrrole nitrogens is 1. The minimum absolute atomic E-state index is 0.0872. The Morgan fingerprint density at radius 3 is 2.83 bits per heavy atom. The van der Waals surface area contributed by atoms with Crippen LogP contribution in [0.1, 0.15) is 19.5 Å². The molecule has 1 unspecified atom stereocenters. The number of aromatic nitrogens is 4. The first-order valence-electron chi connectivity index (χ1n) is 7.18. The summed E-state index contributed by atoms with van der Waals surface area (Å²) in [4.78, 5) is 10.0. The molecule has 1 N–H and O–H groups in total. The first-order valence-corrected chi connectivity index (χ1v) is 7.55. The summed E-state index contributed by atoms with van der Waals surface area (Å²) in [6, 6.07) is 1.76. The lowest BCUT2D eigenvalue weighted by Gasteiger charge is -2.25. The van der Waals surface area contributed by atoms with E-state index in [1.54, 1.807) is 24.1 Å². The predicted molar refractivity (Wildman–Crippen MR) is 83.0 cm³/mol. The van der Waals surface area contributed by atoms with Gasteiger partial charge in [0, 0.05) is 18.7 Å². The van der Waals surface area contributed by atoms with Gasteiger partial charge in [-0.3, -0.25) is 5.10 Å². The third-order valence-electron chi connectivity index (χ3n) is 3.12. The van der Waals surface area contributed by atoms with Gasteiger partial charge in [-0.15, -0.1) is 0 Å². The topological polar surface area (TPSA) is 66.9 Å². The molecule has 0 aliphatic rings. The second kappa shape index (κ2) is 8.05. The quantitative estimate of drug-likeness (QED) is 0.796. The number of alkyl halides is 2. The minimum Gasteiger partial charge on any atom is -0.477 e. The lowest BCUT2D eigenvalue weighted by Crippen LogP contribution is -2.32. The smallest absolute Gasteiger partial charge is 0.242 e. The number of ether oxygens (including phenoxy) is 1. The zero-order chi connectivity index (χ0) is 16.8. The Kier molecular flexibility index (Phi) is 6.09. The molecule has 0 spiro atoms. The van der Waals surface area contributed by atoms with E-state index in [1.165, 1.54) is 13.1 Å². The zero-order valence-corrected chi connectivity index (χ0v) is 13.6. The van der Waals surface area contributed by atoms with Gasteiger partial charge in [-0.1, -0.05) is 18.5 Å². The molecule has 0 saturated heterocycles. The summed E-state index contributed by atoms with van der Waals surface area (Å²) < 4.78 is 31.2. The van der Waals surface area contributed by atoms with Crippen molar-refractivity contribution < 1.29 is 13.5 Å². The molecule has 0 aliphatic carbocycles. The average Bonchev–Trinajstić information content (AvgIpc) is 3.02. The summed E-state index contributed by atoms with van der Waals surface area (Å²) in [5.74, 6) is -0.328. The van der Waals surface area contributed by atoms with Crippen molar-refractivity contribution in [3.8, 4) is 5.88 Å². The first-order chi connectivity index (χ1) is 11.0. The monoisotopic (exact) mass is 345 g/mol. The highest BCUT2D eigenvalue weighted by Crippen LogP contribution is 2.25. The maximum atomic E-state index is 12.9. The molecule has 6 nitrogen and oxygen atoms in total. The van der Waals surface area contributed by atoms with Gasteiger partial charge in [-0.05, 0) is 13.0 Å². The second-order valence-corrected chi connectivity index (χ2v) is 5.44. The number of halogens is 3. The van der Waals surface area contributed by atoms with E-state index in [9.17, 15) is 8.78 Å². The van der Waals surface area contributed by atoms with E-state index in [0.29, 0.717) is 13.2 Å². The van der Waals surface area contributed by atoms with Gasteiger partial charge in [0.05, 0.1) is 25.0 Å². The molecule has 0 amide bonds. The van der Waals surface area contributed by atoms with Gasteiger partial charge in [0.2, 0.25) is 18.3 Å². The number of nitrogens with one attached hydrogen (secondary N) is 1. The third kappa shape index (κ3) is 4.75. The summed E-state index contributed by atoms with van der Waals surface area (Å²) in [7, 11) is 0. The Morgan fingerprint density at radius 2 is 2.22 bits per heavy atom. The molecule has 2 aromatic heterocycles. The van der Waals surface area contributed by atoms with Gasteiger partial charge in [0.1, 0.15) is 5.02 Å². The lowest BCUT2D eigenvalue weighted by molar-refractivity contribution is 0.0890. The Morgan fingerprint density at radius 1 is 1.43 bits per heavy atom. The molecule has 2 rings (SSSR count). The number of aromatic amines is 1. The van der Waals surface area contributed by atoms with Crippen molar-refractivity contribution in [3.63, 3.8) is 0 Å². The van der Waals surface area contributed by atoms with Gasteiger partial charge in [0.25, 0.3) is 0 Å². The van der Waals surface area contributed by atoms with Crippen molar-refractivity contribution in [1.29, 1.82) is 0 Å². The summed E-state index contributed by atoms with van der Waals surface area (Å²) >= 11 is 5.97. The number of hydrogen-bond donors (Lipinski definition) is 1. The number of rotatable bonds is 8. The van der Waals surface area contributed by atoms with E-state index in [0.717, 1.165) is 5.69 Å². The molecule has 0 fully saturated rings. The zero-order valence-electron chi connectivity index (χ0n) is 12.8. The van der Waals surface area contributed by atoms with Crippen molar-refractivity contribution in [2.75, 3.05) is 18.1 Å². The Hall–Kier alpha value is -1.96. The fraction of sp³-hybridized carbons (Fsp3) is 0.500. The van der Waals surface area contributed by atoms with Crippen LogP contribution in [0.25, 0.3) is 0 Å². The molecular weight excluding hydrogens is 328 g/mol. The van der Waals surface area contributed by atoms with Crippen molar-refractivity contribution in [1.82, 2.24) is 20.2 Å². The van der Waals surface area contributed by atoms with Crippen molar-refractivity contribution >= 4 is 17.5 Å². The fourth-order valence-corrected chi connectivity index (χ4v) is 2.10. The van der Waals surface area contributed by atoms with Gasteiger partial charge in [0.15, 0.2) is 0 Å². The molecule has 0 bridgehead atoms. The Balaban J connectivity index is 2.26. The highest BCUT2D eigenvalue weighted by molar-refractivity contribution is 6.31. The molecule has 0 aromatic carbocycles. The van der Waals surface area contributed by atoms with Crippen LogP contribution in [-0.2, 0) is 6.54 Å². The van der Waals surface area contributed by atoms with Crippen LogP contribution >= 0.6 is 11.6 Å². The Labute approximate surface area is 137 Å². The number of anilines is 1. The largest absolute Gasteiger partial charge is 0.477 e. The maximum Gasteiger partial charge on any atom is 0.242 e. The van der Waals surface area contributed by atoms with E-state index >= 15 is 0 Å².